The van der Waals surface area contributed by atoms with Gasteiger partial charge in [-0.15, -0.1) is 0 Å². The first-order chi connectivity index (χ1) is 9.28. The van der Waals surface area contributed by atoms with E-state index in [9.17, 15) is 18.5 Å². The van der Waals surface area contributed by atoms with E-state index in [0.717, 1.165) is 5.56 Å². The van der Waals surface area contributed by atoms with Gasteiger partial charge in [0, 0.05) is 23.7 Å². The van der Waals surface area contributed by atoms with Crippen LogP contribution < -0.4 is 5.32 Å². The molecule has 0 radical (unpaired) electrons. The predicted molar refractivity (Wildman–Crippen MR) is 76.4 cm³/mol. The van der Waals surface area contributed by atoms with Gasteiger partial charge in [-0.3, -0.25) is 10.1 Å². The summed E-state index contributed by atoms with van der Waals surface area (Å²) < 4.78 is 22.8. The van der Waals surface area contributed by atoms with Crippen LogP contribution in [0.4, 0.5) is 5.69 Å². The molecule has 1 fully saturated rings. The molecule has 0 bridgehead atoms. The number of benzene rings is 1. The average Bonchev–Trinajstić information content (AvgIpc) is 2.68. The molecule has 1 aromatic rings. The second-order valence-corrected chi connectivity index (χ2v) is 7.52. The second-order valence-electron chi connectivity index (χ2n) is 5.29. The van der Waals surface area contributed by atoms with Crippen molar-refractivity contribution in [2.75, 3.05) is 11.5 Å². The zero-order valence-electron chi connectivity index (χ0n) is 11.5. The number of hydrogen-bond donors (Lipinski definition) is 1. The average molecular weight is 298 g/mol. The molecule has 1 N–H and O–H groups in total. The van der Waals surface area contributed by atoms with Crippen LogP contribution >= 0.6 is 0 Å². The van der Waals surface area contributed by atoms with Crippen molar-refractivity contribution in [1.82, 2.24) is 5.32 Å². The van der Waals surface area contributed by atoms with Crippen LogP contribution in [0.2, 0.25) is 0 Å². The van der Waals surface area contributed by atoms with Crippen LogP contribution in [-0.4, -0.2) is 30.9 Å². The third kappa shape index (κ3) is 3.34. The van der Waals surface area contributed by atoms with Crippen molar-refractivity contribution in [3.63, 3.8) is 0 Å². The highest BCUT2D eigenvalue weighted by Crippen LogP contribution is 2.24. The summed E-state index contributed by atoms with van der Waals surface area (Å²) in [4.78, 5) is 10.5. The Balaban J connectivity index is 2.12. The maximum Gasteiger partial charge on any atom is 0.272 e. The van der Waals surface area contributed by atoms with Gasteiger partial charge in [0.1, 0.15) is 0 Å². The first-order valence-electron chi connectivity index (χ1n) is 6.50. The molecule has 7 heteroatoms. The van der Waals surface area contributed by atoms with Gasteiger partial charge in [-0.05, 0) is 25.8 Å². The number of nitrogens with one attached hydrogen (secondary N) is 1. The maximum atomic E-state index is 11.4. The SMILES string of the molecule is Cc1ccc(C(C)NC2CCS(=O)(=O)C2)cc1[N+](=O)[O-]. The van der Waals surface area contributed by atoms with Crippen molar-refractivity contribution in [3.05, 3.63) is 39.4 Å². The predicted octanol–water partition coefficient (Wildman–Crippen LogP) is 1.74. The van der Waals surface area contributed by atoms with Gasteiger partial charge in [-0.25, -0.2) is 8.42 Å². The molecule has 1 heterocycles. The zero-order valence-corrected chi connectivity index (χ0v) is 12.3. The number of sulfone groups is 1. The molecule has 2 unspecified atom stereocenters. The van der Waals surface area contributed by atoms with E-state index >= 15 is 0 Å². The van der Waals surface area contributed by atoms with Gasteiger partial charge in [-0.1, -0.05) is 12.1 Å². The van der Waals surface area contributed by atoms with E-state index < -0.39 is 14.8 Å². The Hall–Kier alpha value is -1.47. The van der Waals surface area contributed by atoms with Crippen molar-refractivity contribution in [2.45, 2.75) is 32.4 Å². The smallest absolute Gasteiger partial charge is 0.272 e. The van der Waals surface area contributed by atoms with E-state index in [0.29, 0.717) is 12.0 Å². The fraction of sp³-hybridized carbons (Fsp3) is 0.538. The number of rotatable bonds is 4. The molecule has 2 atom stereocenters. The van der Waals surface area contributed by atoms with Gasteiger partial charge in [-0.2, -0.15) is 0 Å². The van der Waals surface area contributed by atoms with Gasteiger partial charge in [0.25, 0.3) is 5.69 Å². The first-order valence-corrected chi connectivity index (χ1v) is 8.32. The van der Waals surface area contributed by atoms with E-state index in [4.69, 9.17) is 0 Å². The van der Waals surface area contributed by atoms with E-state index in [2.05, 4.69) is 5.32 Å². The second kappa shape index (κ2) is 5.49. The van der Waals surface area contributed by atoms with Gasteiger partial charge >= 0.3 is 0 Å². The minimum Gasteiger partial charge on any atom is -0.306 e. The fourth-order valence-corrected chi connectivity index (χ4v) is 4.15. The van der Waals surface area contributed by atoms with Crippen LogP contribution in [0.5, 0.6) is 0 Å². The summed E-state index contributed by atoms with van der Waals surface area (Å²) in [7, 11) is -2.92. The van der Waals surface area contributed by atoms with Gasteiger partial charge in [0.15, 0.2) is 9.84 Å². The third-order valence-corrected chi connectivity index (χ3v) is 5.42. The molecule has 0 aliphatic carbocycles. The molecule has 0 spiro atoms. The summed E-state index contributed by atoms with van der Waals surface area (Å²) in [6, 6.07) is 4.92. The number of hydrogen-bond acceptors (Lipinski definition) is 5. The topological polar surface area (TPSA) is 89.3 Å². The molecule has 20 heavy (non-hydrogen) atoms. The van der Waals surface area contributed by atoms with Gasteiger partial charge < -0.3 is 5.32 Å². The largest absolute Gasteiger partial charge is 0.306 e. The summed E-state index contributed by atoms with van der Waals surface area (Å²) in [5, 5.41) is 14.2. The standard InChI is InChI=1S/C13H18N2O4S/c1-9-3-4-11(7-13(9)15(16)17)10(2)14-12-5-6-20(18,19)8-12/h3-4,7,10,12,14H,5-6,8H2,1-2H3. The Kier molecular flexibility index (Phi) is 4.10. The quantitative estimate of drug-likeness (QED) is 0.675. The Labute approximate surface area is 118 Å². The summed E-state index contributed by atoms with van der Waals surface area (Å²) in [6.07, 6.45) is 0.598. The van der Waals surface area contributed by atoms with Crippen molar-refractivity contribution in [3.8, 4) is 0 Å². The molecule has 0 amide bonds. The molecule has 1 aliphatic heterocycles. The Morgan fingerprint density at radius 2 is 2.15 bits per heavy atom. The molecule has 6 nitrogen and oxygen atoms in total. The summed E-state index contributed by atoms with van der Waals surface area (Å²) in [5.74, 6) is 0.358. The van der Waals surface area contributed by atoms with E-state index in [1.54, 1.807) is 19.1 Å². The van der Waals surface area contributed by atoms with Crippen molar-refractivity contribution in [2.24, 2.45) is 0 Å². The van der Waals surface area contributed by atoms with Gasteiger partial charge in [0.05, 0.1) is 16.4 Å². The number of aryl methyl sites for hydroxylation is 1. The van der Waals surface area contributed by atoms with Crippen LogP contribution in [0.1, 0.15) is 30.5 Å². The minimum absolute atomic E-state index is 0.0737. The monoisotopic (exact) mass is 298 g/mol. The van der Waals surface area contributed by atoms with Crippen molar-refractivity contribution in [1.29, 1.82) is 0 Å². The molecular weight excluding hydrogens is 280 g/mol. The summed E-state index contributed by atoms with van der Waals surface area (Å²) in [5.41, 5.74) is 1.51. The van der Waals surface area contributed by atoms with Crippen LogP contribution in [0.25, 0.3) is 0 Å². The highest BCUT2D eigenvalue weighted by Gasteiger charge is 2.29. The van der Waals surface area contributed by atoms with E-state index in [-0.39, 0.29) is 29.3 Å². The Bertz CT molecular complexity index is 627. The van der Waals surface area contributed by atoms with Crippen LogP contribution in [0.3, 0.4) is 0 Å². The van der Waals surface area contributed by atoms with Gasteiger partial charge in [0.2, 0.25) is 0 Å². The van der Waals surface area contributed by atoms with E-state index in [1.165, 1.54) is 0 Å². The first kappa shape index (κ1) is 14.9. The lowest BCUT2D eigenvalue weighted by atomic mass is 10.0. The molecule has 1 aromatic carbocycles. The van der Waals surface area contributed by atoms with Crippen molar-refractivity contribution >= 4 is 15.5 Å². The Morgan fingerprint density at radius 3 is 2.70 bits per heavy atom. The zero-order chi connectivity index (χ0) is 14.9. The molecule has 2 rings (SSSR count). The molecule has 1 saturated heterocycles. The highest BCUT2D eigenvalue weighted by molar-refractivity contribution is 7.91. The van der Waals surface area contributed by atoms with Crippen LogP contribution in [-0.2, 0) is 9.84 Å². The third-order valence-electron chi connectivity index (χ3n) is 3.65. The lowest BCUT2D eigenvalue weighted by Crippen LogP contribution is -2.32. The van der Waals surface area contributed by atoms with Crippen LogP contribution in [0, 0.1) is 17.0 Å². The normalized spacial score (nSPS) is 22.6. The lowest BCUT2D eigenvalue weighted by Gasteiger charge is -2.18. The number of nitro groups is 1. The minimum atomic E-state index is -2.92. The van der Waals surface area contributed by atoms with Crippen LogP contribution in [0.15, 0.2) is 18.2 Å². The molecular formula is C13H18N2O4S. The van der Waals surface area contributed by atoms with Crippen molar-refractivity contribution < 1.29 is 13.3 Å². The fourth-order valence-electron chi connectivity index (χ4n) is 2.47. The molecule has 0 aromatic heterocycles. The number of nitro benzene ring substituents is 1. The molecule has 110 valence electrons. The Morgan fingerprint density at radius 1 is 1.45 bits per heavy atom. The maximum absolute atomic E-state index is 11.4. The number of nitrogens with zero attached hydrogens (tertiary/aromatic N) is 1. The summed E-state index contributed by atoms with van der Waals surface area (Å²) in [6.45, 7) is 3.59. The summed E-state index contributed by atoms with van der Waals surface area (Å²) >= 11 is 0. The molecule has 0 saturated carbocycles. The highest BCUT2D eigenvalue weighted by atomic mass is 32.2. The molecule has 1 aliphatic rings. The lowest BCUT2D eigenvalue weighted by molar-refractivity contribution is -0.385. The van der Waals surface area contributed by atoms with E-state index in [1.807, 2.05) is 13.0 Å².